The molecule has 2 aromatic rings. The number of carbonyl (C=O) groups is 2. The van der Waals surface area contributed by atoms with E-state index in [0.717, 1.165) is 17.3 Å². The van der Waals surface area contributed by atoms with Gasteiger partial charge in [0.15, 0.2) is 5.69 Å². The van der Waals surface area contributed by atoms with Crippen molar-refractivity contribution >= 4 is 11.9 Å². The monoisotopic (exact) mass is 269 g/mol. The molecule has 1 aliphatic heterocycles. The number of nitrogens with zero attached hydrogens (tertiary/aromatic N) is 3. The lowest BCUT2D eigenvalue weighted by atomic mass is 10.1. The van der Waals surface area contributed by atoms with Gasteiger partial charge >= 0.3 is 5.97 Å². The van der Waals surface area contributed by atoms with Gasteiger partial charge in [-0.25, -0.2) is 14.8 Å². The molecule has 0 radical (unpaired) electrons. The van der Waals surface area contributed by atoms with Crippen molar-refractivity contribution in [2.45, 2.75) is 13.1 Å². The summed E-state index contributed by atoms with van der Waals surface area (Å²) in [6.45, 7) is 1.08. The smallest absolute Gasteiger partial charge is 0.356 e. The molecule has 0 atom stereocenters. The molecular weight excluding hydrogens is 258 g/mol. The Kier molecular flexibility index (Phi) is 2.90. The zero-order chi connectivity index (χ0) is 14.1. The van der Waals surface area contributed by atoms with Gasteiger partial charge in [0.2, 0.25) is 0 Å². The summed E-state index contributed by atoms with van der Waals surface area (Å²) in [5, 5.41) is 8.75. The van der Waals surface area contributed by atoms with Crippen molar-refractivity contribution in [3.05, 3.63) is 59.2 Å². The van der Waals surface area contributed by atoms with Gasteiger partial charge in [0.25, 0.3) is 5.91 Å². The molecule has 1 aliphatic rings. The van der Waals surface area contributed by atoms with Crippen LogP contribution >= 0.6 is 0 Å². The summed E-state index contributed by atoms with van der Waals surface area (Å²) in [5.74, 6) is -1.41. The van der Waals surface area contributed by atoms with Crippen LogP contribution in [0.2, 0.25) is 0 Å². The van der Waals surface area contributed by atoms with Crippen LogP contribution in [0.15, 0.2) is 36.7 Å². The Morgan fingerprint density at radius 2 is 1.55 bits per heavy atom. The van der Waals surface area contributed by atoms with Gasteiger partial charge in [0.1, 0.15) is 5.69 Å². The predicted molar refractivity (Wildman–Crippen MR) is 69.0 cm³/mol. The summed E-state index contributed by atoms with van der Waals surface area (Å²) >= 11 is 0. The maximum Gasteiger partial charge on any atom is 0.356 e. The predicted octanol–water partition coefficient (Wildman–Crippen LogP) is 1.33. The van der Waals surface area contributed by atoms with Gasteiger partial charge in [0.05, 0.1) is 12.4 Å². The molecule has 0 saturated carbocycles. The van der Waals surface area contributed by atoms with Gasteiger partial charge in [-0.3, -0.25) is 4.79 Å². The second kappa shape index (κ2) is 4.73. The van der Waals surface area contributed by atoms with Crippen LogP contribution in [0.1, 0.15) is 32.1 Å². The van der Waals surface area contributed by atoms with Gasteiger partial charge in [-0.15, -0.1) is 0 Å². The number of carbonyl (C=O) groups excluding carboxylic acids is 1. The Morgan fingerprint density at radius 3 is 2.05 bits per heavy atom. The topological polar surface area (TPSA) is 83.4 Å². The van der Waals surface area contributed by atoms with Crippen molar-refractivity contribution in [1.29, 1.82) is 0 Å². The van der Waals surface area contributed by atoms with E-state index < -0.39 is 5.97 Å². The van der Waals surface area contributed by atoms with Crippen LogP contribution in [0.25, 0.3) is 0 Å². The number of fused-ring (bicyclic) bond motifs is 1. The SMILES string of the molecule is O=C(O)c1cnc(C(=O)N2Cc3ccccc3C2)cn1. The second-order valence-electron chi connectivity index (χ2n) is 4.52. The number of hydrogen-bond donors (Lipinski definition) is 1. The lowest BCUT2D eigenvalue weighted by Gasteiger charge is -2.14. The maximum atomic E-state index is 12.3. The highest BCUT2D eigenvalue weighted by Gasteiger charge is 2.25. The summed E-state index contributed by atoms with van der Waals surface area (Å²) in [7, 11) is 0. The fraction of sp³-hybridized carbons (Fsp3) is 0.143. The van der Waals surface area contributed by atoms with Crippen molar-refractivity contribution in [3.63, 3.8) is 0 Å². The van der Waals surface area contributed by atoms with Crippen LogP contribution in [0, 0.1) is 0 Å². The number of hydrogen-bond acceptors (Lipinski definition) is 4. The summed E-state index contributed by atoms with van der Waals surface area (Å²) in [4.78, 5) is 32.2. The van der Waals surface area contributed by atoms with E-state index in [1.165, 1.54) is 6.20 Å². The number of aromatic nitrogens is 2. The third-order valence-electron chi connectivity index (χ3n) is 3.22. The van der Waals surface area contributed by atoms with Crippen molar-refractivity contribution in [2.75, 3.05) is 0 Å². The zero-order valence-electron chi connectivity index (χ0n) is 10.5. The Bertz CT molecular complexity index is 657. The molecule has 1 aromatic carbocycles. The lowest BCUT2D eigenvalue weighted by molar-refractivity contribution is 0.0685. The largest absolute Gasteiger partial charge is 0.476 e. The van der Waals surface area contributed by atoms with E-state index in [1.807, 2.05) is 24.3 Å². The first-order valence-electron chi connectivity index (χ1n) is 6.06. The minimum Gasteiger partial charge on any atom is -0.476 e. The summed E-state index contributed by atoms with van der Waals surface area (Å²) in [6, 6.07) is 7.85. The van der Waals surface area contributed by atoms with Gasteiger partial charge in [0, 0.05) is 13.1 Å². The van der Waals surface area contributed by atoms with E-state index in [1.54, 1.807) is 4.90 Å². The first-order chi connectivity index (χ1) is 9.65. The Morgan fingerprint density at radius 1 is 1.00 bits per heavy atom. The molecule has 1 N–H and O–H groups in total. The molecule has 0 unspecified atom stereocenters. The molecule has 6 heteroatoms. The van der Waals surface area contributed by atoms with Crippen LogP contribution < -0.4 is 0 Å². The fourth-order valence-corrected chi connectivity index (χ4v) is 2.19. The fourth-order valence-electron chi connectivity index (χ4n) is 2.19. The van der Waals surface area contributed by atoms with Crippen molar-refractivity contribution in [3.8, 4) is 0 Å². The Labute approximate surface area is 114 Å². The van der Waals surface area contributed by atoms with Gasteiger partial charge in [-0.05, 0) is 11.1 Å². The van der Waals surface area contributed by atoms with E-state index in [9.17, 15) is 9.59 Å². The van der Waals surface area contributed by atoms with Gasteiger partial charge in [-0.2, -0.15) is 0 Å². The van der Waals surface area contributed by atoms with Crippen LogP contribution in [-0.2, 0) is 13.1 Å². The molecule has 2 heterocycles. The standard InChI is InChI=1S/C14H11N3O3/c18-13(11-5-16-12(6-15-11)14(19)20)17-7-9-3-1-2-4-10(9)8-17/h1-6H,7-8H2,(H,19,20). The third-order valence-corrected chi connectivity index (χ3v) is 3.22. The molecule has 20 heavy (non-hydrogen) atoms. The quantitative estimate of drug-likeness (QED) is 0.889. The maximum absolute atomic E-state index is 12.3. The molecule has 0 spiro atoms. The van der Waals surface area contributed by atoms with Gasteiger partial charge in [-0.1, -0.05) is 24.3 Å². The molecule has 0 bridgehead atoms. The number of carboxylic acids is 1. The molecule has 100 valence electrons. The molecule has 6 nitrogen and oxygen atoms in total. The minimum atomic E-state index is -1.16. The highest BCUT2D eigenvalue weighted by atomic mass is 16.4. The van der Waals surface area contributed by atoms with Crippen molar-refractivity contribution in [2.24, 2.45) is 0 Å². The van der Waals surface area contributed by atoms with Crippen LogP contribution in [0.4, 0.5) is 0 Å². The average molecular weight is 269 g/mol. The average Bonchev–Trinajstić information content (AvgIpc) is 2.90. The summed E-state index contributed by atoms with van der Waals surface area (Å²) in [6.07, 6.45) is 2.30. The third kappa shape index (κ3) is 2.11. The Balaban J connectivity index is 1.79. The van der Waals surface area contributed by atoms with Crippen LogP contribution in [-0.4, -0.2) is 31.9 Å². The van der Waals surface area contributed by atoms with E-state index in [-0.39, 0.29) is 17.3 Å². The lowest BCUT2D eigenvalue weighted by Crippen LogP contribution is -2.26. The van der Waals surface area contributed by atoms with Crippen molar-refractivity contribution in [1.82, 2.24) is 14.9 Å². The summed E-state index contributed by atoms with van der Waals surface area (Å²) in [5.41, 5.74) is 2.22. The van der Waals surface area contributed by atoms with Crippen molar-refractivity contribution < 1.29 is 14.7 Å². The Hall–Kier alpha value is -2.76. The van der Waals surface area contributed by atoms with Crippen LogP contribution in [0.5, 0.6) is 0 Å². The molecule has 0 saturated heterocycles. The molecule has 1 amide bonds. The number of carboxylic acid groups (broad SMARTS) is 1. The molecule has 0 fully saturated rings. The molecule has 0 aliphatic carbocycles. The number of amides is 1. The van der Waals surface area contributed by atoms with E-state index in [2.05, 4.69) is 9.97 Å². The highest BCUT2D eigenvalue weighted by Crippen LogP contribution is 2.23. The highest BCUT2D eigenvalue weighted by molar-refractivity contribution is 5.93. The second-order valence-corrected chi connectivity index (χ2v) is 4.52. The molecule has 3 rings (SSSR count). The number of benzene rings is 1. The first kappa shape index (κ1) is 12.3. The van der Waals surface area contributed by atoms with Gasteiger partial charge < -0.3 is 10.0 Å². The van der Waals surface area contributed by atoms with Crippen LogP contribution in [0.3, 0.4) is 0 Å². The number of aromatic carboxylic acids is 1. The minimum absolute atomic E-state index is 0.155. The van der Waals surface area contributed by atoms with E-state index >= 15 is 0 Å². The van der Waals surface area contributed by atoms with E-state index in [0.29, 0.717) is 13.1 Å². The molecular formula is C14H11N3O3. The first-order valence-corrected chi connectivity index (χ1v) is 6.06. The molecule has 1 aromatic heterocycles. The van der Waals surface area contributed by atoms with E-state index in [4.69, 9.17) is 5.11 Å². The number of rotatable bonds is 2. The normalized spacial score (nSPS) is 13.1. The zero-order valence-corrected chi connectivity index (χ0v) is 10.5. The summed E-state index contributed by atoms with van der Waals surface area (Å²) < 4.78 is 0.